The molecule has 0 bridgehead atoms. The zero-order valence-electron chi connectivity index (χ0n) is 11.9. The van der Waals surface area contributed by atoms with Crippen molar-refractivity contribution in [2.75, 3.05) is 0 Å². The molecule has 0 atom stereocenters. The number of nitrogens with zero attached hydrogens (tertiary/aromatic N) is 2. The largest absolute Gasteiger partial charge is 0.245 e. The van der Waals surface area contributed by atoms with Gasteiger partial charge in [0.05, 0.1) is 0 Å². The smallest absolute Gasteiger partial charge is 0.243 e. The quantitative estimate of drug-likeness (QED) is 0.597. The Morgan fingerprint density at radius 1 is 1.00 bits per heavy atom. The van der Waals surface area contributed by atoms with Crippen molar-refractivity contribution in [1.29, 1.82) is 0 Å². The van der Waals surface area contributed by atoms with Crippen molar-refractivity contribution in [3.63, 3.8) is 0 Å². The van der Waals surface area contributed by atoms with Crippen LogP contribution < -0.4 is 0 Å². The van der Waals surface area contributed by atoms with E-state index in [2.05, 4.69) is 4.98 Å². The van der Waals surface area contributed by atoms with Gasteiger partial charge in [0.2, 0.25) is 10.0 Å². The maximum atomic E-state index is 12.9. The molecule has 3 aromatic rings. The third-order valence-electron chi connectivity index (χ3n) is 3.16. The van der Waals surface area contributed by atoms with Crippen LogP contribution in [0, 0.1) is 0 Å². The van der Waals surface area contributed by atoms with Crippen molar-refractivity contribution >= 4 is 44.3 Å². The summed E-state index contributed by atoms with van der Waals surface area (Å²) in [4.78, 5) is 6.02. The molecule has 0 unspecified atom stereocenters. The zero-order chi connectivity index (χ0) is 16.3. The number of thiophene rings is 2. The van der Waals surface area contributed by atoms with Crippen LogP contribution >= 0.6 is 34.3 Å². The standard InChI is InChI=1S/C15H13ClN2O2S3/c16-15-6-5-14(9-17-15)23(19,20)18(10-12-3-1-7-21-12)11-13-4-2-8-22-13/h1-9H,10-11H2. The molecule has 0 aliphatic carbocycles. The maximum Gasteiger partial charge on any atom is 0.245 e. The van der Waals surface area contributed by atoms with Gasteiger partial charge in [0, 0.05) is 29.0 Å². The van der Waals surface area contributed by atoms with Gasteiger partial charge in [-0.1, -0.05) is 23.7 Å². The molecule has 0 fully saturated rings. The highest BCUT2D eigenvalue weighted by molar-refractivity contribution is 7.89. The summed E-state index contributed by atoms with van der Waals surface area (Å²) >= 11 is 8.83. The summed E-state index contributed by atoms with van der Waals surface area (Å²) in [5.41, 5.74) is 0. The molecule has 0 N–H and O–H groups in total. The van der Waals surface area contributed by atoms with Crippen LogP contribution in [0.25, 0.3) is 0 Å². The summed E-state index contributed by atoms with van der Waals surface area (Å²) < 4.78 is 27.4. The highest BCUT2D eigenvalue weighted by atomic mass is 35.5. The average molecular weight is 385 g/mol. The van der Waals surface area contributed by atoms with Crippen molar-refractivity contribution in [2.45, 2.75) is 18.0 Å². The third-order valence-corrected chi connectivity index (χ3v) is 6.88. The molecule has 0 aliphatic rings. The van der Waals surface area contributed by atoms with E-state index in [1.807, 2.05) is 35.0 Å². The highest BCUT2D eigenvalue weighted by Crippen LogP contribution is 2.24. The number of aromatic nitrogens is 1. The van der Waals surface area contributed by atoms with E-state index in [1.54, 1.807) is 0 Å². The van der Waals surface area contributed by atoms with Crippen LogP contribution in [0.4, 0.5) is 0 Å². The van der Waals surface area contributed by atoms with Gasteiger partial charge in [-0.25, -0.2) is 13.4 Å². The van der Waals surface area contributed by atoms with Crippen LogP contribution in [0.2, 0.25) is 5.15 Å². The Bertz CT molecular complexity index is 809. The summed E-state index contributed by atoms with van der Waals surface area (Å²) in [6.45, 7) is 0.668. The van der Waals surface area contributed by atoms with Crippen molar-refractivity contribution in [2.24, 2.45) is 0 Å². The Morgan fingerprint density at radius 3 is 2.04 bits per heavy atom. The lowest BCUT2D eigenvalue weighted by Gasteiger charge is -2.21. The minimum atomic E-state index is -3.64. The maximum absolute atomic E-state index is 12.9. The zero-order valence-corrected chi connectivity index (χ0v) is 15.1. The van der Waals surface area contributed by atoms with E-state index < -0.39 is 10.0 Å². The second-order valence-electron chi connectivity index (χ2n) is 4.75. The first-order valence-electron chi connectivity index (χ1n) is 6.72. The molecule has 0 aromatic carbocycles. The third kappa shape index (κ3) is 3.99. The van der Waals surface area contributed by atoms with E-state index in [0.29, 0.717) is 13.1 Å². The summed E-state index contributed by atoms with van der Waals surface area (Å²) in [7, 11) is -3.64. The molecule has 120 valence electrons. The van der Waals surface area contributed by atoms with Gasteiger partial charge >= 0.3 is 0 Å². The van der Waals surface area contributed by atoms with Gasteiger partial charge in [-0.3, -0.25) is 0 Å². The Morgan fingerprint density at radius 2 is 1.61 bits per heavy atom. The Kier molecular flexibility index (Phi) is 5.13. The van der Waals surface area contributed by atoms with Crippen LogP contribution in [-0.2, 0) is 23.1 Å². The first-order chi connectivity index (χ1) is 11.1. The minimum absolute atomic E-state index is 0.148. The molecule has 0 spiro atoms. The molecular formula is C15H13ClN2O2S3. The van der Waals surface area contributed by atoms with Crippen LogP contribution in [0.1, 0.15) is 9.75 Å². The molecular weight excluding hydrogens is 372 g/mol. The molecule has 0 aliphatic heterocycles. The fourth-order valence-electron chi connectivity index (χ4n) is 2.04. The van der Waals surface area contributed by atoms with E-state index in [4.69, 9.17) is 11.6 Å². The molecule has 8 heteroatoms. The van der Waals surface area contributed by atoms with Gasteiger partial charge in [0.1, 0.15) is 10.0 Å². The summed E-state index contributed by atoms with van der Waals surface area (Å²) in [5.74, 6) is 0. The first kappa shape index (κ1) is 16.6. The predicted octanol–water partition coefficient (Wildman–Crippen LogP) is 4.25. The van der Waals surface area contributed by atoms with Gasteiger partial charge in [-0.05, 0) is 35.0 Å². The van der Waals surface area contributed by atoms with Crippen LogP contribution in [-0.4, -0.2) is 17.7 Å². The number of rotatable bonds is 6. The van der Waals surface area contributed by atoms with Crippen molar-refractivity contribution in [1.82, 2.24) is 9.29 Å². The molecule has 0 amide bonds. The Hall–Kier alpha value is -1.25. The molecule has 23 heavy (non-hydrogen) atoms. The van der Waals surface area contributed by atoms with Crippen molar-refractivity contribution < 1.29 is 8.42 Å². The molecule has 0 saturated carbocycles. The average Bonchev–Trinajstić information content (AvgIpc) is 3.20. The topological polar surface area (TPSA) is 50.3 Å². The van der Waals surface area contributed by atoms with E-state index in [1.165, 1.54) is 45.3 Å². The predicted molar refractivity (Wildman–Crippen MR) is 94.3 cm³/mol. The van der Waals surface area contributed by atoms with E-state index >= 15 is 0 Å². The van der Waals surface area contributed by atoms with Gasteiger partial charge in [0.25, 0.3) is 0 Å². The van der Waals surface area contributed by atoms with Gasteiger partial charge in [0.15, 0.2) is 0 Å². The molecule has 0 radical (unpaired) electrons. The normalized spacial score (nSPS) is 11.9. The number of halogens is 1. The first-order valence-corrected chi connectivity index (χ1v) is 10.3. The lowest BCUT2D eigenvalue weighted by Crippen LogP contribution is -2.29. The Balaban J connectivity index is 1.93. The minimum Gasteiger partial charge on any atom is -0.243 e. The summed E-state index contributed by atoms with van der Waals surface area (Å²) in [6, 6.07) is 10.7. The SMILES string of the molecule is O=S(=O)(c1ccc(Cl)nc1)N(Cc1cccs1)Cc1cccs1. The summed E-state index contributed by atoms with van der Waals surface area (Å²) in [6.07, 6.45) is 1.30. The lowest BCUT2D eigenvalue weighted by atomic mass is 10.4. The van der Waals surface area contributed by atoms with Crippen molar-refractivity contribution in [3.8, 4) is 0 Å². The second-order valence-corrected chi connectivity index (χ2v) is 9.14. The molecule has 0 saturated heterocycles. The number of sulfonamides is 1. The van der Waals surface area contributed by atoms with Gasteiger partial charge in [-0.2, -0.15) is 4.31 Å². The molecule has 3 aromatic heterocycles. The number of hydrogen-bond acceptors (Lipinski definition) is 5. The Labute approximate surface area is 148 Å². The lowest BCUT2D eigenvalue weighted by molar-refractivity contribution is 0.406. The van der Waals surface area contributed by atoms with Gasteiger partial charge in [-0.15, -0.1) is 22.7 Å². The molecule has 3 rings (SSSR count). The number of hydrogen-bond donors (Lipinski definition) is 0. The second kappa shape index (κ2) is 7.11. The highest BCUT2D eigenvalue weighted by Gasteiger charge is 2.26. The molecule has 4 nitrogen and oxygen atoms in total. The van der Waals surface area contributed by atoms with Crippen LogP contribution in [0.5, 0.6) is 0 Å². The van der Waals surface area contributed by atoms with Crippen molar-refractivity contribution in [3.05, 3.63) is 68.3 Å². The molecule has 3 heterocycles. The monoisotopic (exact) mass is 384 g/mol. The summed E-state index contributed by atoms with van der Waals surface area (Å²) in [5, 5.41) is 4.15. The van der Waals surface area contributed by atoms with Crippen LogP contribution in [0.15, 0.2) is 58.3 Å². The fraction of sp³-hybridized carbons (Fsp3) is 0.133. The van der Waals surface area contributed by atoms with E-state index in [-0.39, 0.29) is 10.0 Å². The van der Waals surface area contributed by atoms with E-state index in [9.17, 15) is 8.42 Å². The fourth-order valence-corrected chi connectivity index (χ4v) is 5.10. The van der Waals surface area contributed by atoms with E-state index in [0.717, 1.165) is 9.75 Å². The number of pyridine rings is 1. The van der Waals surface area contributed by atoms with Crippen LogP contribution in [0.3, 0.4) is 0 Å². The van der Waals surface area contributed by atoms with Gasteiger partial charge < -0.3 is 0 Å².